The molecule has 0 atom stereocenters. The van der Waals surface area contributed by atoms with Crippen LogP contribution in [0.3, 0.4) is 0 Å². The molecular weight excluding hydrogens is 218 g/mol. The molecule has 3 heteroatoms. The van der Waals surface area contributed by atoms with Gasteiger partial charge in [0.15, 0.2) is 0 Å². The average molecular weight is 233 g/mol. The van der Waals surface area contributed by atoms with E-state index in [9.17, 15) is 5.11 Å². The number of aryl methyl sites for hydroxylation is 1. The molecule has 0 aliphatic rings. The molecule has 0 fully saturated rings. The van der Waals surface area contributed by atoms with Crippen LogP contribution in [0.4, 0.5) is 0 Å². The molecule has 0 radical (unpaired) electrons. The molecule has 0 saturated carbocycles. The van der Waals surface area contributed by atoms with E-state index in [-0.39, 0.29) is 0 Å². The first-order valence-electron chi connectivity index (χ1n) is 5.23. The van der Waals surface area contributed by atoms with Gasteiger partial charge in [-0.05, 0) is 26.3 Å². The first-order valence-corrected chi connectivity index (χ1v) is 6.11. The highest BCUT2D eigenvalue weighted by atomic mass is 32.1. The smallest absolute Gasteiger partial charge is 0.124 e. The number of rotatable bonds is 2. The van der Waals surface area contributed by atoms with E-state index in [0.717, 1.165) is 16.3 Å². The molecule has 0 saturated heterocycles. The van der Waals surface area contributed by atoms with Gasteiger partial charge in [0.1, 0.15) is 10.6 Å². The Morgan fingerprint density at radius 3 is 2.50 bits per heavy atom. The molecular formula is C13H15NOS. The average Bonchev–Trinajstić information content (AvgIpc) is 2.66. The largest absolute Gasteiger partial charge is 0.384 e. The molecule has 0 unspecified atom stereocenters. The summed E-state index contributed by atoms with van der Waals surface area (Å²) in [5.41, 5.74) is 2.22. The minimum atomic E-state index is -0.864. The van der Waals surface area contributed by atoms with E-state index in [1.54, 1.807) is 25.2 Å². The first kappa shape index (κ1) is 11.3. The van der Waals surface area contributed by atoms with Crippen molar-refractivity contribution in [1.82, 2.24) is 4.98 Å². The summed E-state index contributed by atoms with van der Waals surface area (Å²) in [6.45, 7) is 5.58. The number of aromatic nitrogens is 1. The summed E-state index contributed by atoms with van der Waals surface area (Å²) in [6.07, 6.45) is 0. The van der Waals surface area contributed by atoms with E-state index < -0.39 is 5.60 Å². The van der Waals surface area contributed by atoms with Crippen molar-refractivity contribution in [2.75, 3.05) is 0 Å². The van der Waals surface area contributed by atoms with Gasteiger partial charge < -0.3 is 5.11 Å². The standard InChI is InChI=1S/C13H15NOS/c1-9-6-4-5-7-10(9)12-14-11(8-16-12)13(2,3)15/h4-8,15H,1-3H3. The molecule has 2 nitrogen and oxygen atoms in total. The molecule has 0 amide bonds. The fourth-order valence-electron chi connectivity index (χ4n) is 1.49. The lowest BCUT2D eigenvalue weighted by atomic mass is 10.1. The van der Waals surface area contributed by atoms with E-state index in [1.807, 2.05) is 17.5 Å². The molecule has 2 aromatic rings. The third kappa shape index (κ3) is 2.15. The maximum Gasteiger partial charge on any atom is 0.124 e. The highest BCUT2D eigenvalue weighted by Gasteiger charge is 2.20. The van der Waals surface area contributed by atoms with E-state index in [2.05, 4.69) is 24.0 Å². The van der Waals surface area contributed by atoms with E-state index >= 15 is 0 Å². The number of hydrogen-bond donors (Lipinski definition) is 1. The van der Waals surface area contributed by atoms with E-state index in [1.165, 1.54) is 5.56 Å². The number of aliphatic hydroxyl groups is 1. The van der Waals surface area contributed by atoms with Gasteiger partial charge >= 0.3 is 0 Å². The summed E-state index contributed by atoms with van der Waals surface area (Å²) >= 11 is 1.57. The van der Waals surface area contributed by atoms with Crippen LogP contribution in [0.1, 0.15) is 25.1 Å². The van der Waals surface area contributed by atoms with Crippen LogP contribution in [-0.4, -0.2) is 10.1 Å². The van der Waals surface area contributed by atoms with Gasteiger partial charge in [0.05, 0.1) is 5.69 Å². The molecule has 0 aliphatic carbocycles. The van der Waals surface area contributed by atoms with Gasteiger partial charge in [0.25, 0.3) is 0 Å². The van der Waals surface area contributed by atoms with Gasteiger partial charge in [-0.1, -0.05) is 24.3 Å². The van der Waals surface area contributed by atoms with Crippen molar-refractivity contribution in [1.29, 1.82) is 0 Å². The van der Waals surface area contributed by atoms with Crippen LogP contribution in [0.25, 0.3) is 10.6 Å². The molecule has 0 bridgehead atoms. The Labute approximate surface area is 99.6 Å². The molecule has 2 rings (SSSR count). The molecule has 1 aromatic carbocycles. The summed E-state index contributed by atoms with van der Waals surface area (Å²) in [5, 5.41) is 12.7. The highest BCUT2D eigenvalue weighted by molar-refractivity contribution is 7.13. The summed E-state index contributed by atoms with van der Waals surface area (Å²) in [6, 6.07) is 8.15. The Morgan fingerprint density at radius 1 is 1.25 bits per heavy atom. The molecule has 1 aromatic heterocycles. The molecule has 16 heavy (non-hydrogen) atoms. The topological polar surface area (TPSA) is 33.1 Å². The van der Waals surface area contributed by atoms with Crippen LogP contribution in [0, 0.1) is 6.92 Å². The molecule has 0 aliphatic heterocycles. The van der Waals surface area contributed by atoms with Gasteiger partial charge in [0, 0.05) is 10.9 Å². The van der Waals surface area contributed by atoms with Crippen molar-refractivity contribution in [3.05, 3.63) is 40.9 Å². The number of thiazole rings is 1. The second kappa shape index (κ2) is 4.00. The lowest BCUT2D eigenvalue weighted by Gasteiger charge is -2.13. The molecule has 1 N–H and O–H groups in total. The van der Waals surface area contributed by atoms with Crippen LogP contribution in [-0.2, 0) is 5.60 Å². The summed E-state index contributed by atoms with van der Waals surface area (Å²) in [4.78, 5) is 4.48. The van der Waals surface area contributed by atoms with Crippen molar-refractivity contribution < 1.29 is 5.11 Å². The van der Waals surface area contributed by atoms with Gasteiger partial charge in [-0.15, -0.1) is 11.3 Å². The minimum absolute atomic E-state index is 0.732. The monoisotopic (exact) mass is 233 g/mol. The van der Waals surface area contributed by atoms with Crippen molar-refractivity contribution in [2.24, 2.45) is 0 Å². The van der Waals surface area contributed by atoms with E-state index in [4.69, 9.17) is 0 Å². The predicted molar refractivity (Wildman–Crippen MR) is 67.5 cm³/mol. The van der Waals surface area contributed by atoms with Gasteiger partial charge in [-0.2, -0.15) is 0 Å². The van der Waals surface area contributed by atoms with Gasteiger partial charge in [-0.25, -0.2) is 4.98 Å². The maximum absolute atomic E-state index is 9.86. The third-order valence-corrected chi connectivity index (χ3v) is 3.38. The Kier molecular flexibility index (Phi) is 2.82. The van der Waals surface area contributed by atoms with Crippen LogP contribution in [0.5, 0.6) is 0 Å². The quantitative estimate of drug-likeness (QED) is 0.863. The van der Waals surface area contributed by atoms with Crippen molar-refractivity contribution >= 4 is 11.3 Å². The number of hydrogen-bond acceptors (Lipinski definition) is 3. The summed E-state index contributed by atoms with van der Waals surface area (Å²) in [7, 11) is 0. The zero-order valence-corrected chi connectivity index (χ0v) is 10.5. The van der Waals surface area contributed by atoms with Crippen LogP contribution in [0.2, 0.25) is 0 Å². The Balaban J connectivity index is 2.44. The van der Waals surface area contributed by atoms with Gasteiger partial charge in [0.2, 0.25) is 0 Å². The number of nitrogens with zero attached hydrogens (tertiary/aromatic N) is 1. The van der Waals surface area contributed by atoms with Crippen LogP contribution >= 0.6 is 11.3 Å². The molecule has 0 spiro atoms. The first-order chi connectivity index (χ1) is 7.48. The minimum Gasteiger partial charge on any atom is -0.384 e. The normalized spacial score (nSPS) is 11.8. The highest BCUT2D eigenvalue weighted by Crippen LogP contribution is 2.30. The zero-order chi connectivity index (χ0) is 11.8. The lowest BCUT2D eigenvalue weighted by Crippen LogP contribution is -2.15. The Morgan fingerprint density at radius 2 is 1.94 bits per heavy atom. The van der Waals surface area contributed by atoms with Crippen LogP contribution < -0.4 is 0 Å². The maximum atomic E-state index is 9.86. The SMILES string of the molecule is Cc1ccccc1-c1nc(C(C)(C)O)cs1. The Hall–Kier alpha value is -1.19. The Bertz CT molecular complexity index is 497. The predicted octanol–water partition coefficient (Wildman–Crippen LogP) is 3.35. The number of benzene rings is 1. The fraction of sp³-hybridized carbons (Fsp3) is 0.308. The zero-order valence-electron chi connectivity index (χ0n) is 9.69. The fourth-order valence-corrected chi connectivity index (χ4v) is 2.56. The van der Waals surface area contributed by atoms with Crippen molar-refractivity contribution in [3.8, 4) is 10.6 Å². The second-order valence-corrected chi connectivity index (χ2v) is 5.27. The molecule has 84 valence electrons. The van der Waals surface area contributed by atoms with Gasteiger partial charge in [-0.3, -0.25) is 0 Å². The summed E-state index contributed by atoms with van der Waals surface area (Å²) in [5.74, 6) is 0. The lowest BCUT2D eigenvalue weighted by molar-refractivity contribution is 0.0746. The third-order valence-electron chi connectivity index (χ3n) is 2.51. The van der Waals surface area contributed by atoms with Crippen molar-refractivity contribution in [3.63, 3.8) is 0 Å². The van der Waals surface area contributed by atoms with Crippen molar-refractivity contribution in [2.45, 2.75) is 26.4 Å². The van der Waals surface area contributed by atoms with E-state index in [0.29, 0.717) is 0 Å². The summed E-state index contributed by atoms with van der Waals surface area (Å²) < 4.78 is 0. The second-order valence-electron chi connectivity index (χ2n) is 4.41. The van der Waals surface area contributed by atoms with Crippen LogP contribution in [0.15, 0.2) is 29.6 Å². The molecule has 1 heterocycles.